The van der Waals surface area contributed by atoms with Gasteiger partial charge in [0, 0.05) is 11.6 Å². The molecule has 1 aliphatic heterocycles. The minimum atomic E-state index is -0.221. The van der Waals surface area contributed by atoms with Crippen molar-refractivity contribution in [2.45, 2.75) is 18.4 Å². The minimum Gasteiger partial charge on any atom is -0.378 e. The van der Waals surface area contributed by atoms with E-state index in [1.807, 2.05) is 6.07 Å². The van der Waals surface area contributed by atoms with Crippen LogP contribution in [0, 0.1) is 17.6 Å². The number of allylic oxidation sites excluding steroid dienone is 2. The van der Waals surface area contributed by atoms with Crippen LogP contribution in [0.25, 0.3) is 0 Å². The summed E-state index contributed by atoms with van der Waals surface area (Å²) in [7, 11) is 0. The molecule has 0 amide bonds. The number of benzene rings is 2. The zero-order valence-corrected chi connectivity index (χ0v) is 11.4. The summed E-state index contributed by atoms with van der Waals surface area (Å²) < 4.78 is 27.0. The molecule has 0 saturated carbocycles. The number of hydrogen-bond donors (Lipinski definition) is 1. The second kappa shape index (κ2) is 4.69. The lowest BCUT2D eigenvalue weighted by Gasteiger charge is -2.37. The zero-order chi connectivity index (χ0) is 14.4. The first kappa shape index (κ1) is 12.6. The normalized spacial score (nSPS) is 26.1. The molecule has 21 heavy (non-hydrogen) atoms. The fourth-order valence-corrected chi connectivity index (χ4v) is 3.60. The first-order valence-electron chi connectivity index (χ1n) is 7.20. The Balaban J connectivity index is 1.80. The topological polar surface area (TPSA) is 12.0 Å². The fourth-order valence-electron chi connectivity index (χ4n) is 3.60. The Kier molecular flexibility index (Phi) is 2.81. The van der Waals surface area contributed by atoms with Gasteiger partial charge in [0.25, 0.3) is 0 Å². The zero-order valence-electron chi connectivity index (χ0n) is 11.4. The van der Waals surface area contributed by atoms with E-state index in [1.165, 1.54) is 12.1 Å². The molecular formula is C18H15F2N. The van der Waals surface area contributed by atoms with E-state index in [4.69, 9.17) is 0 Å². The SMILES string of the molecule is Fc1cccc([C@@H]2Nc3ccc(F)cc3[C@H]3C=CC[C@@H]32)c1. The quantitative estimate of drug-likeness (QED) is 0.742. The van der Waals surface area contributed by atoms with Crippen molar-refractivity contribution < 1.29 is 8.78 Å². The Morgan fingerprint density at radius 3 is 2.71 bits per heavy atom. The first-order valence-corrected chi connectivity index (χ1v) is 7.20. The van der Waals surface area contributed by atoms with Gasteiger partial charge in [-0.15, -0.1) is 0 Å². The predicted octanol–water partition coefficient (Wildman–Crippen LogP) is 4.79. The molecule has 0 unspecified atom stereocenters. The van der Waals surface area contributed by atoms with E-state index in [9.17, 15) is 8.78 Å². The Bertz CT molecular complexity index is 723. The highest BCUT2D eigenvalue weighted by Gasteiger charge is 2.38. The molecule has 106 valence electrons. The van der Waals surface area contributed by atoms with E-state index >= 15 is 0 Å². The fraction of sp³-hybridized carbons (Fsp3) is 0.222. The summed E-state index contributed by atoms with van der Waals surface area (Å²) in [6, 6.07) is 11.6. The summed E-state index contributed by atoms with van der Waals surface area (Å²) in [4.78, 5) is 0. The number of anilines is 1. The molecule has 2 aliphatic rings. The van der Waals surface area contributed by atoms with Crippen molar-refractivity contribution >= 4 is 5.69 Å². The van der Waals surface area contributed by atoms with Crippen molar-refractivity contribution in [3.05, 3.63) is 77.4 Å². The summed E-state index contributed by atoms with van der Waals surface area (Å²) >= 11 is 0. The maximum absolute atomic E-state index is 13.5. The molecule has 0 aromatic heterocycles. The third-order valence-electron chi connectivity index (χ3n) is 4.53. The average molecular weight is 283 g/mol. The van der Waals surface area contributed by atoms with E-state index in [2.05, 4.69) is 17.5 Å². The average Bonchev–Trinajstić information content (AvgIpc) is 2.96. The molecule has 0 bridgehead atoms. The highest BCUT2D eigenvalue weighted by atomic mass is 19.1. The molecule has 3 heteroatoms. The molecule has 4 rings (SSSR count). The van der Waals surface area contributed by atoms with Gasteiger partial charge in [-0.2, -0.15) is 0 Å². The van der Waals surface area contributed by atoms with E-state index < -0.39 is 0 Å². The van der Waals surface area contributed by atoms with Gasteiger partial charge < -0.3 is 5.32 Å². The molecule has 0 fully saturated rings. The van der Waals surface area contributed by atoms with Gasteiger partial charge in [0.05, 0.1) is 6.04 Å². The van der Waals surface area contributed by atoms with Crippen molar-refractivity contribution in [2.75, 3.05) is 5.32 Å². The number of fused-ring (bicyclic) bond motifs is 3. The van der Waals surface area contributed by atoms with Gasteiger partial charge in [-0.3, -0.25) is 0 Å². The van der Waals surface area contributed by atoms with E-state index in [-0.39, 0.29) is 23.6 Å². The molecule has 1 nitrogen and oxygen atoms in total. The lowest BCUT2D eigenvalue weighted by Crippen LogP contribution is -2.29. The predicted molar refractivity (Wildman–Crippen MR) is 79.2 cm³/mol. The van der Waals surface area contributed by atoms with Crippen molar-refractivity contribution in [1.29, 1.82) is 0 Å². The van der Waals surface area contributed by atoms with Crippen LogP contribution in [0.1, 0.15) is 29.5 Å². The van der Waals surface area contributed by atoms with Gasteiger partial charge in [0.15, 0.2) is 0 Å². The van der Waals surface area contributed by atoms with Crippen molar-refractivity contribution in [3.63, 3.8) is 0 Å². The molecule has 1 N–H and O–H groups in total. The summed E-state index contributed by atoms with van der Waals surface area (Å²) in [5.41, 5.74) is 2.89. The van der Waals surface area contributed by atoms with Crippen LogP contribution >= 0.6 is 0 Å². The Labute approximate surface area is 122 Å². The van der Waals surface area contributed by atoms with Crippen LogP contribution in [-0.2, 0) is 0 Å². The molecule has 1 aliphatic carbocycles. The Morgan fingerprint density at radius 2 is 1.86 bits per heavy atom. The van der Waals surface area contributed by atoms with E-state index in [1.54, 1.807) is 24.3 Å². The summed E-state index contributed by atoms with van der Waals surface area (Å²) in [6.45, 7) is 0. The van der Waals surface area contributed by atoms with Crippen molar-refractivity contribution in [2.24, 2.45) is 5.92 Å². The monoisotopic (exact) mass is 283 g/mol. The van der Waals surface area contributed by atoms with Crippen molar-refractivity contribution in [1.82, 2.24) is 0 Å². The number of nitrogens with one attached hydrogen (secondary N) is 1. The van der Waals surface area contributed by atoms with Crippen LogP contribution < -0.4 is 5.32 Å². The van der Waals surface area contributed by atoms with Crippen LogP contribution in [0.2, 0.25) is 0 Å². The van der Waals surface area contributed by atoms with E-state index in [0.29, 0.717) is 5.92 Å². The minimum absolute atomic E-state index is 0.0543. The third-order valence-corrected chi connectivity index (χ3v) is 4.53. The number of halogens is 2. The largest absolute Gasteiger partial charge is 0.378 e. The lowest BCUT2D eigenvalue weighted by atomic mass is 9.77. The number of rotatable bonds is 1. The van der Waals surface area contributed by atoms with Gasteiger partial charge in [-0.05, 0) is 53.8 Å². The van der Waals surface area contributed by atoms with Gasteiger partial charge >= 0.3 is 0 Å². The lowest BCUT2D eigenvalue weighted by molar-refractivity contribution is 0.422. The standard InChI is InChI=1S/C18H15F2N/c19-12-4-1-3-11(9-12)18-15-6-2-5-14(15)16-10-13(20)7-8-17(16)21-18/h1-5,7-10,14-15,18,21H,6H2/t14-,15-,18-/m0/s1. The number of hydrogen-bond acceptors (Lipinski definition) is 1. The third kappa shape index (κ3) is 2.04. The molecular weight excluding hydrogens is 268 g/mol. The molecule has 2 aromatic carbocycles. The van der Waals surface area contributed by atoms with Gasteiger partial charge in [-0.1, -0.05) is 24.3 Å². The van der Waals surface area contributed by atoms with Gasteiger partial charge in [-0.25, -0.2) is 8.78 Å². The second-order valence-electron chi connectivity index (χ2n) is 5.76. The van der Waals surface area contributed by atoms with Crippen LogP contribution in [0.3, 0.4) is 0 Å². The van der Waals surface area contributed by atoms with E-state index in [0.717, 1.165) is 23.2 Å². The highest BCUT2D eigenvalue weighted by Crippen LogP contribution is 2.49. The van der Waals surface area contributed by atoms with Crippen molar-refractivity contribution in [3.8, 4) is 0 Å². The molecule has 2 aromatic rings. The molecule has 0 radical (unpaired) electrons. The molecule has 1 heterocycles. The van der Waals surface area contributed by atoms with Gasteiger partial charge in [0.2, 0.25) is 0 Å². The molecule has 3 atom stereocenters. The van der Waals surface area contributed by atoms with Crippen LogP contribution in [0.4, 0.5) is 14.5 Å². The first-order chi connectivity index (χ1) is 10.2. The maximum atomic E-state index is 13.5. The maximum Gasteiger partial charge on any atom is 0.123 e. The summed E-state index contributed by atoms with van der Waals surface area (Å²) in [6.07, 6.45) is 5.22. The highest BCUT2D eigenvalue weighted by molar-refractivity contribution is 5.59. The second-order valence-corrected chi connectivity index (χ2v) is 5.76. The van der Waals surface area contributed by atoms with Crippen LogP contribution in [0.5, 0.6) is 0 Å². The Hall–Kier alpha value is -2.16. The molecule has 0 spiro atoms. The van der Waals surface area contributed by atoms with Crippen LogP contribution in [-0.4, -0.2) is 0 Å². The molecule has 0 saturated heterocycles. The smallest absolute Gasteiger partial charge is 0.123 e. The van der Waals surface area contributed by atoms with Crippen LogP contribution in [0.15, 0.2) is 54.6 Å². The Morgan fingerprint density at radius 1 is 1.00 bits per heavy atom. The summed E-state index contributed by atoms with van der Waals surface area (Å²) in [5.74, 6) is 0.0758. The van der Waals surface area contributed by atoms with Gasteiger partial charge in [0.1, 0.15) is 11.6 Å². The summed E-state index contributed by atoms with van der Waals surface area (Å²) in [5, 5.41) is 3.47.